The van der Waals surface area contributed by atoms with Gasteiger partial charge in [0.1, 0.15) is 11.2 Å². The molecule has 1 aliphatic heterocycles. The van der Waals surface area contributed by atoms with E-state index in [-0.39, 0.29) is 12.0 Å². The van der Waals surface area contributed by atoms with Gasteiger partial charge in [0.2, 0.25) is 0 Å². The highest BCUT2D eigenvalue weighted by Gasteiger charge is 2.28. The SMILES string of the molecule is CCC1/C(c2ccccc2)=C\CC/C(c2cccc(-c3cccc4oc5c(-c6c(-c7ccccc7)ccc7sc8ccccc8c67)cccc5c34)c2)=N\C1c1ccccc1. The normalized spacial score (nSPS) is 17.6. The molecule has 60 heavy (non-hydrogen) atoms. The van der Waals surface area contributed by atoms with Crippen LogP contribution in [0.3, 0.4) is 0 Å². The number of nitrogens with zero attached hydrogens (tertiary/aromatic N) is 1. The number of rotatable bonds is 7. The number of benzene rings is 8. The molecule has 2 nitrogen and oxygen atoms in total. The summed E-state index contributed by atoms with van der Waals surface area (Å²) in [6.45, 7) is 2.31. The molecule has 2 atom stereocenters. The van der Waals surface area contributed by atoms with Crippen LogP contribution in [0.4, 0.5) is 0 Å². The Bertz CT molecular complexity index is 3240. The summed E-state index contributed by atoms with van der Waals surface area (Å²) in [6, 6.07) is 68.2. The number of allylic oxidation sites excluding steroid dienone is 1. The van der Waals surface area contributed by atoms with Gasteiger partial charge in [-0.05, 0) is 88.0 Å². The van der Waals surface area contributed by atoms with Crippen LogP contribution >= 0.6 is 11.3 Å². The molecule has 11 rings (SSSR count). The molecule has 288 valence electrons. The molecule has 1 aliphatic rings. The lowest BCUT2D eigenvalue weighted by Crippen LogP contribution is -2.17. The first-order valence-corrected chi connectivity index (χ1v) is 22.0. The summed E-state index contributed by atoms with van der Waals surface area (Å²) in [5.74, 6) is 0.258. The molecular formula is C57H43NOS. The van der Waals surface area contributed by atoms with Crippen LogP contribution in [-0.4, -0.2) is 5.71 Å². The second kappa shape index (κ2) is 15.4. The molecule has 2 aromatic heterocycles. The van der Waals surface area contributed by atoms with Gasteiger partial charge < -0.3 is 4.42 Å². The smallest absolute Gasteiger partial charge is 0.143 e. The van der Waals surface area contributed by atoms with Crippen molar-refractivity contribution in [3.8, 4) is 33.4 Å². The van der Waals surface area contributed by atoms with Gasteiger partial charge in [0, 0.05) is 53.7 Å². The van der Waals surface area contributed by atoms with Crippen LogP contribution < -0.4 is 0 Å². The fraction of sp³-hybridized carbons (Fsp3) is 0.105. The van der Waals surface area contributed by atoms with Crippen LogP contribution in [0.1, 0.15) is 48.9 Å². The van der Waals surface area contributed by atoms with E-state index in [2.05, 4.69) is 201 Å². The first-order valence-electron chi connectivity index (χ1n) is 21.2. The molecular weight excluding hydrogens is 747 g/mol. The Morgan fingerprint density at radius 3 is 2.03 bits per heavy atom. The molecule has 0 radical (unpaired) electrons. The number of hydrogen-bond donors (Lipinski definition) is 0. The first-order chi connectivity index (χ1) is 29.7. The molecule has 0 saturated heterocycles. The quantitative estimate of drug-likeness (QED) is 0.158. The van der Waals surface area contributed by atoms with Crippen molar-refractivity contribution in [3.05, 3.63) is 211 Å². The maximum atomic E-state index is 7.01. The van der Waals surface area contributed by atoms with Crippen molar-refractivity contribution in [1.29, 1.82) is 0 Å². The second-order valence-electron chi connectivity index (χ2n) is 15.9. The highest BCUT2D eigenvalue weighted by atomic mass is 32.1. The summed E-state index contributed by atoms with van der Waals surface area (Å²) < 4.78 is 9.58. The monoisotopic (exact) mass is 789 g/mol. The van der Waals surface area contributed by atoms with Gasteiger partial charge >= 0.3 is 0 Å². The van der Waals surface area contributed by atoms with Gasteiger partial charge in [-0.3, -0.25) is 4.99 Å². The number of hydrogen-bond acceptors (Lipinski definition) is 3. The molecule has 3 heterocycles. The van der Waals surface area contributed by atoms with Crippen molar-refractivity contribution in [2.75, 3.05) is 0 Å². The average molecular weight is 790 g/mol. The average Bonchev–Trinajstić information content (AvgIpc) is 3.89. The molecule has 2 unspecified atom stereocenters. The highest BCUT2D eigenvalue weighted by Crippen LogP contribution is 2.49. The first kappa shape index (κ1) is 36.3. The topological polar surface area (TPSA) is 25.5 Å². The lowest BCUT2D eigenvalue weighted by Gasteiger charge is -2.29. The summed E-state index contributed by atoms with van der Waals surface area (Å²) in [4.78, 5) is 5.72. The summed E-state index contributed by atoms with van der Waals surface area (Å²) in [5, 5.41) is 4.82. The third kappa shape index (κ3) is 6.29. The number of thiophene rings is 1. The largest absolute Gasteiger partial charge is 0.455 e. The van der Waals surface area contributed by atoms with E-state index in [4.69, 9.17) is 9.41 Å². The summed E-state index contributed by atoms with van der Waals surface area (Å²) in [5.41, 5.74) is 15.1. The van der Waals surface area contributed by atoms with E-state index in [0.717, 1.165) is 63.6 Å². The highest BCUT2D eigenvalue weighted by molar-refractivity contribution is 7.26. The molecule has 0 N–H and O–H groups in total. The Kier molecular flexibility index (Phi) is 9.32. The predicted molar refractivity (Wildman–Crippen MR) is 256 cm³/mol. The zero-order valence-corrected chi connectivity index (χ0v) is 34.3. The van der Waals surface area contributed by atoms with Gasteiger partial charge in [-0.25, -0.2) is 0 Å². The number of aliphatic imine (C=N–C) groups is 1. The maximum Gasteiger partial charge on any atom is 0.143 e. The Labute approximate surface area is 354 Å². The zero-order chi connectivity index (χ0) is 40.0. The van der Waals surface area contributed by atoms with Crippen LogP contribution in [0.15, 0.2) is 204 Å². The van der Waals surface area contributed by atoms with Gasteiger partial charge in [-0.15, -0.1) is 11.3 Å². The van der Waals surface area contributed by atoms with Gasteiger partial charge in [0.25, 0.3) is 0 Å². The predicted octanol–water partition coefficient (Wildman–Crippen LogP) is 16.4. The van der Waals surface area contributed by atoms with Crippen molar-refractivity contribution < 1.29 is 4.42 Å². The minimum Gasteiger partial charge on any atom is -0.455 e. The van der Waals surface area contributed by atoms with E-state index in [1.807, 2.05) is 11.3 Å². The molecule has 8 aromatic carbocycles. The Hall–Kier alpha value is -6.81. The van der Waals surface area contributed by atoms with Crippen molar-refractivity contribution >= 4 is 64.7 Å². The van der Waals surface area contributed by atoms with Crippen LogP contribution in [0.5, 0.6) is 0 Å². The summed E-state index contributed by atoms with van der Waals surface area (Å²) in [7, 11) is 0. The fourth-order valence-corrected chi connectivity index (χ4v) is 10.8. The van der Waals surface area contributed by atoms with E-state index >= 15 is 0 Å². The van der Waals surface area contributed by atoms with Crippen molar-refractivity contribution in [2.45, 2.75) is 32.2 Å². The van der Waals surface area contributed by atoms with Crippen molar-refractivity contribution in [1.82, 2.24) is 0 Å². The molecule has 0 bridgehead atoms. The van der Waals surface area contributed by atoms with E-state index < -0.39 is 0 Å². The molecule has 0 aliphatic carbocycles. The molecule has 0 amide bonds. The van der Waals surface area contributed by atoms with Crippen LogP contribution in [0.2, 0.25) is 0 Å². The molecule has 10 aromatic rings. The maximum absolute atomic E-state index is 7.01. The van der Waals surface area contributed by atoms with E-state index in [1.54, 1.807) is 0 Å². The molecule has 0 fully saturated rings. The number of furan rings is 1. The van der Waals surface area contributed by atoms with Crippen LogP contribution in [-0.2, 0) is 0 Å². The van der Waals surface area contributed by atoms with Crippen LogP contribution in [0.25, 0.3) is 81.1 Å². The Balaban J connectivity index is 1.06. The summed E-state index contributed by atoms with van der Waals surface area (Å²) >= 11 is 1.86. The Morgan fingerprint density at radius 1 is 0.550 bits per heavy atom. The lowest BCUT2D eigenvalue weighted by molar-refractivity contribution is 0.519. The zero-order valence-electron chi connectivity index (χ0n) is 33.5. The summed E-state index contributed by atoms with van der Waals surface area (Å²) in [6.07, 6.45) is 5.29. The second-order valence-corrected chi connectivity index (χ2v) is 17.0. The Morgan fingerprint density at radius 2 is 1.22 bits per heavy atom. The fourth-order valence-electron chi connectivity index (χ4n) is 9.70. The minimum absolute atomic E-state index is 0.00635. The van der Waals surface area contributed by atoms with Gasteiger partial charge in [-0.1, -0.05) is 177 Å². The van der Waals surface area contributed by atoms with Crippen LogP contribution in [0, 0.1) is 5.92 Å². The number of fused-ring (bicyclic) bond motifs is 6. The van der Waals surface area contributed by atoms with E-state index in [0.29, 0.717) is 0 Å². The molecule has 0 spiro atoms. The third-order valence-electron chi connectivity index (χ3n) is 12.4. The molecule has 0 saturated carbocycles. The van der Waals surface area contributed by atoms with E-state index in [9.17, 15) is 0 Å². The van der Waals surface area contributed by atoms with Crippen molar-refractivity contribution in [2.24, 2.45) is 10.9 Å². The number of para-hydroxylation sites is 1. The lowest BCUT2D eigenvalue weighted by atomic mass is 9.80. The minimum atomic E-state index is 0.00635. The van der Waals surface area contributed by atoms with Gasteiger partial charge in [0.05, 0.1) is 6.04 Å². The molecule has 3 heteroatoms. The van der Waals surface area contributed by atoms with E-state index in [1.165, 1.54) is 59.1 Å². The van der Waals surface area contributed by atoms with Gasteiger partial charge in [0.15, 0.2) is 0 Å². The van der Waals surface area contributed by atoms with Gasteiger partial charge in [-0.2, -0.15) is 0 Å². The standard InChI is InChI=1S/C57H43NOS/c1-2-42-43(37-18-6-3-7-19-37)27-16-31-49(58-56(42)39-22-10-5-11-23-39)41-25-14-24-40(36-41)44-28-17-32-50-53(44)47-29-15-30-48(57(47)59-50)54-45(38-20-8-4-9-21-38)34-35-52-55(54)46-26-12-13-33-51(46)60-52/h3-15,17-30,32-36,42,56H,2,16,31H2,1H3/b43-27-,58-49+. The third-order valence-corrected chi connectivity index (χ3v) is 13.6. The van der Waals surface area contributed by atoms with Crippen molar-refractivity contribution in [3.63, 3.8) is 0 Å².